The third kappa shape index (κ3) is 1.76. The maximum atomic E-state index is 10.7. The number of carboxylic acids is 1. The van der Waals surface area contributed by atoms with Crippen LogP contribution in [0.25, 0.3) is 0 Å². The summed E-state index contributed by atoms with van der Waals surface area (Å²) >= 11 is 0. The lowest BCUT2D eigenvalue weighted by Gasteiger charge is -1.95. The summed E-state index contributed by atoms with van der Waals surface area (Å²) in [5, 5.41) is 17.1. The molecule has 0 amide bonds. The number of aromatic nitrogens is 1. The molecule has 0 saturated heterocycles. The van der Waals surface area contributed by atoms with Gasteiger partial charge in [0.1, 0.15) is 5.56 Å². The first kappa shape index (κ1) is 10.5. The summed E-state index contributed by atoms with van der Waals surface area (Å²) in [5.41, 5.74) is -1.38. The minimum absolute atomic E-state index is 0. The molecule has 0 aliphatic heterocycles. The highest BCUT2D eigenvalue weighted by molar-refractivity contribution is 5.86. The Hall–Kier alpha value is -1.49. The lowest BCUT2D eigenvalue weighted by atomic mass is 10.3. The van der Waals surface area contributed by atoms with E-state index in [-0.39, 0.29) is 17.1 Å². The Balaban J connectivity index is 0.00000121. The highest BCUT2D eigenvalue weighted by Gasteiger charge is 2.08. The van der Waals surface area contributed by atoms with E-state index in [0.29, 0.717) is 0 Å². The molecule has 0 saturated carbocycles. The second-order valence-electron chi connectivity index (χ2n) is 1.88. The third-order valence-corrected chi connectivity index (χ3v) is 1.16. The van der Waals surface area contributed by atoms with Gasteiger partial charge in [-0.3, -0.25) is 4.79 Å². The lowest BCUT2D eigenvalue weighted by molar-refractivity contribution is 0.0688. The number of halogens is 1. The van der Waals surface area contributed by atoms with Crippen LogP contribution in [0.3, 0.4) is 0 Å². The molecule has 0 aromatic carbocycles. The molecule has 1 rings (SSSR count). The standard InChI is InChI=1S/C6H5NO4.ClH/c8-5-4(6(9)10)2-1-3-7(5)11;/h1-3,11H,(H,9,10);1H. The molecule has 5 nitrogen and oxygen atoms in total. The molecule has 12 heavy (non-hydrogen) atoms. The molecule has 1 aromatic rings. The van der Waals surface area contributed by atoms with Crippen molar-refractivity contribution in [2.75, 3.05) is 0 Å². The minimum atomic E-state index is -1.35. The van der Waals surface area contributed by atoms with Gasteiger partial charge in [-0.05, 0) is 12.1 Å². The van der Waals surface area contributed by atoms with Crippen LogP contribution in [0.4, 0.5) is 0 Å². The van der Waals surface area contributed by atoms with Gasteiger partial charge in [0.05, 0.1) is 0 Å². The van der Waals surface area contributed by atoms with E-state index in [1.807, 2.05) is 0 Å². The van der Waals surface area contributed by atoms with E-state index in [4.69, 9.17) is 10.3 Å². The molecule has 6 heteroatoms. The number of aromatic carboxylic acids is 1. The molecule has 66 valence electrons. The van der Waals surface area contributed by atoms with Crippen LogP contribution < -0.4 is 5.56 Å². The fourth-order valence-corrected chi connectivity index (χ4v) is 0.646. The molecule has 1 aromatic heterocycles. The lowest BCUT2D eigenvalue weighted by Crippen LogP contribution is -2.23. The van der Waals surface area contributed by atoms with Gasteiger partial charge < -0.3 is 10.3 Å². The van der Waals surface area contributed by atoms with E-state index in [1.54, 1.807) is 0 Å². The van der Waals surface area contributed by atoms with Gasteiger partial charge in [-0.1, -0.05) is 0 Å². The van der Waals surface area contributed by atoms with Gasteiger partial charge in [-0.15, -0.1) is 12.4 Å². The summed E-state index contributed by atoms with van der Waals surface area (Å²) in [6.45, 7) is 0. The molecule has 0 aliphatic carbocycles. The van der Waals surface area contributed by atoms with Crippen LogP contribution in [0.2, 0.25) is 0 Å². The first-order valence-corrected chi connectivity index (χ1v) is 2.77. The highest BCUT2D eigenvalue weighted by atomic mass is 35.5. The Labute approximate surface area is 73.2 Å². The van der Waals surface area contributed by atoms with Crippen molar-refractivity contribution in [2.24, 2.45) is 0 Å². The van der Waals surface area contributed by atoms with E-state index >= 15 is 0 Å². The number of carbonyl (C=O) groups is 1. The SMILES string of the molecule is Cl.O=C(O)c1cccn(O)c1=O. The van der Waals surface area contributed by atoms with Gasteiger partial charge in [0.25, 0.3) is 5.56 Å². The number of rotatable bonds is 1. The van der Waals surface area contributed by atoms with E-state index in [0.717, 1.165) is 12.3 Å². The van der Waals surface area contributed by atoms with Crippen LogP contribution in [0.5, 0.6) is 0 Å². The van der Waals surface area contributed by atoms with Gasteiger partial charge in [-0.25, -0.2) is 4.79 Å². The molecule has 2 N–H and O–H groups in total. The second kappa shape index (κ2) is 3.77. The van der Waals surface area contributed by atoms with E-state index in [1.165, 1.54) is 6.07 Å². The van der Waals surface area contributed by atoms with Gasteiger partial charge in [0, 0.05) is 6.20 Å². The zero-order valence-electron chi connectivity index (χ0n) is 5.80. The number of carboxylic acid groups (broad SMARTS) is 1. The van der Waals surface area contributed by atoms with Crippen LogP contribution in [0, 0.1) is 0 Å². The molecule has 0 unspecified atom stereocenters. The highest BCUT2D eigenvalue weighted by Crippen LogP contribution is 1.88. The zero-order valence-corrected chi connectivity index (χ0v) is 6.61. The minimum Gasteiger partial charge on any atom is -0.477 e. The Bertz CT molecular complexity index is 346. The van der Waals surface area contributed by atoms with Crippen molar-refractivity contribution in [1.82, 2.24) is 4.73 Å². The summed E-state index contributed by atoms with van der Waals surface area (Å²) in [7, 11) is 0. The average molecular weight is 192 g/mol. The Kier molecular flexibility index (Phi) is 3.30. The fraction of sp³-hybridized carbons (Fsp3) is 0. The summed E-state index contributed by atoms with van der Waals surface area (Å²) in [5.74, 6) is -1.35. The van der Waals surface area contributed by atoms with Gasteiger partial charge >= 0.3 is 5.97 Å². The molecule has 0 spiro atoms. The van der Waals surface area contributed by atoms with Crippen molar-refractivity contribution < 1.29 is 15.1 Å². The van der Waals surface area contributed by atoms with Crippen molar-refractivity contribution in [2.45, 2.75) is 0 Å². The third-order valence-electron chi connectivity index (χ3n) is 1.16. The second-order valence-corrected chi connectivity index (χ2v) is 1.88. The molecular weight excluding hydrogens is 186 g/mol. The predicted molar refractivity (Wildman–Crippen MR) is 42.1 cm³/mol. The summed E-state index contributed by atoms with van der Waals surface area (Å²) in [6.07, 6.45) is 1.06. The molecule has 1 heterocycles. The number of pyridine rings is 1. The summed E-state index contributed by atoms with van der Waals surface area (Å²) in [4.78, 5) is 21.0. The Morgan fingerprint density at radius 1 is 1.50 bits per heavy atom. The maximum Gasteiger partial charge on any atom is 0.341 e. The molecular formula is C6H6ClNO4. The van der Waals surface area contributed by atoms with E-state index in [9.17, 15) is 9.59 Å². The van der Waals surface area contributed by atoms with Crippen LogP contribution >= 0.6 is 12.4 Å². The Morgan fingerprint density at radius 3 is 2.50 bits per heavy atom. The normalized spacial score (nSPS) is 8.67. The van der Waals surface area contributed by atoms with Gasteiger partial charge in [0.2, 0.25) is 0 Å². The summed E-state index contributed by atoms with van der Waals surface area (Å²) in [6, 6.07) is 2.39. The molecule has 0 atom stereocenters. The van der Waals surface area contributed by atoms with Crippen molar-refractivity contribution in [3.05, 3.63) is 34.2 Å². The fourth-order valence-electron chi connectivity index (χ4n) is 0.646. The number of hydrogen-bond acceptors (Lipinski definition) is 3. The van der Waals surface area contributed by atoms with Crippen molar-refractivity contribution >= 4 is 18.4 Å². The first-order valence-electron chi connectivity index (χ1n) is 2.77. The van der Waals surface area contributed by atoms with Crippen LogP contribution in [0.15, 0.2) is 23.1 Å². The first-order chi connectivity index (χ1) is 5.13. The Morgan fingerprint density at radius 2 is 2.08 bits per heavy atom. The van der Waals surface area contributed by atoms with E-state index < -0.39 is 17.1 Å². The van der Waals surface area contributed by atoms with Crippen LogP contribution in [-0.2, 0) is 0 Å². The number of nitrogens with zero attached hydrogens (tertiary/aromatic N) is 1. The molecule has 0 aliphatic rings. The maximum absolute atomic E-state index is 10.7. The van der Waals surface area contributed by atoms with Gasteiger partial charge in [-0.2, -0.15) is 4.73 Å². The van der Waals surface area contributed by atoms with Crippen molar-refractivity contribution in [3.8, 4) is 0 Å². The smallest absolute Gasteiger partial charge is 0.341 e. The average Bonchev–Trinajstić information content (AvgIpc) is 1.94. The topological polar surface area (TPSA) is 79.5 Å². The van der Waals surface area contributed by atoms with Crippen LogP contribution in [-0.4, -0.2) is 21.0 Å². The van der Waals surface area contributed by atoms with Crippen molar-refractivity contribution in [1.29, 1.82) is 0 Å². The largest absolute Gasteiger partial charge is 0.477 e. The van der Waals surface area contributed by atoms with Gasteiger partial charge in [0.15, 0.2) is 0 Å². The van der Waals surface area contributed by atoms with Crippen LogP contribution in [0.1, 0.15) is 10.4 Å². The quantitative estimate of drug-likeness (QED) is 0.622. The zero-order chi connectivity index (χ0) is 8.43. The number of hydrogen-bond donors (Lipinski definition) is 2. The van der Waals surface area contributed by atoms with Crippen molar-refractivity contribution in [3.63, 3.8) is 0 Å². The predicted octanol–water partition coefficient (Wildman–Crippen LogP) is 0.206. The molecule has 0 bridgehead atoms. The molecule has 0 fully saturated rings. The molecule has 0 radical (unpaired) electrons. The van der Waals surface area contributed by atoms with E-state index in [2.05, 4.69) is 0 Å². The summed E-state index contributed by atoms with van der Waals surface area (Å²) < 4.78 is 0.226. The monoisotopic (exact) mass is 191 g/mol.